The van der Waals surface area contributed by atoms with E-state index in [0.29, 0.717) is 19.4 Å². The smallest absolute Gasteiger partial charge is 0.421 e. The average molecular weight is 274 g/mol. The van der Waals surface area contributed by atoms with Gasteiger partial charge in [-0.15, -0.1) is 0 Å². The Morgan fingerprint density at radius 1 is 1.42 bits per heavy atom. The van der Waals surface area contributed by atoms with E-state index in [1.54, 1.807) is 0 Å². The van der Waals surface area contributed by atoms with Gasteiger partial charge < -0.3 is 15.7 Å². The number of carbonyl (C=O) groups is 1. The van der Waals surface area contributed by atoms with Crippen LogP contribution in [0, 0.1) is 0 Å². The summed E-state index contributed by atoms with van der Waals surface area (Å²) in [7, 11) is 0. The number of hydrogen-bond acceptors (Lipinski definition) is 3. The third kappa shape index (κ3) is 2.45. The summed E-state index contributed by atoms with van der Waals surface area (Å²) in [4.78, 5) is 12.6. The third-order valence-electron chi connectivity index (χ3n) is 3.19. The number of amides is 1. The van der Waals surface area contributed by atoms with Gasteiger partial charge in [-0.25, -0.2) is 0 Å². The van der Waals surface area contributed by atoms with Crippen LogP contribution in [-0.4, -0.2) is 23.6 Å². The summed E-state index contributed by atoms with van der Waals surface area (Å²) in [6.07, 6.45) is -3.69. The second-order valence-corrected chi connectivity index (χ2v) is 4.42. The van der Waals surface area contributed by atoms with Gasteiger partial charge in [0.2, 0.25) is 5.91 Å². The molecular weight excluding hydrogens is 261 g/mol. The number of phenolic OH excluding ortho intramolecular Hbond substituents is 1. The fourth-order valence-electron chi connectivity index (χ4n) is 2.41. The predicted octanol–water partition coefficient (Wildman–Crippen LogP) is 1.87. The largest absolute Gasteiger partial charge is 0.507 e. The third-order valence-corrected chi connectivity index (χ3v) is 3.19. The van der Waals surface area contributed by atoms with Crippen LogP contribution in [0.5, 0.6) is 5.75 Å². The van der Waals surface area contributed by atoms with Gasteiger partial charge in [0.25, 0.3) is 0 Å². The van der Waals surface area contributed by atoms with E-state index >= 15 is 0 Å². The van der Waals surface area contributed by atoms with E-state index in [9.17, 15) is 23.1 Å². The van der Waals surface area contributed by atoms with Crippen LogP contribution in [-0.2, 0) is 11.0 Å². The Bertz CT molecular complexity index is 502. The second-order valence-electron chi connectivity index (χ2n) is 4.42. The minimum atomic E-state index is -4.69. The van der Waals surface area contributed by atoms with E-state index in [0.717, 1.165) is 6.07 Å². The number of nitrogens with two attached hydrogens (primary N) is 1. The van der Waals surface area contributed by atoms with Crippen molar-refractivity contribution in [2.45, 2.75) is 25.1 Å². The van der Waals surface area contributed by atoms with Crippen molar-refractivity contribution < 1.29 is 23.1 Å². The SMILES string of the molecule is NC(=O)C1CCCN1c1cccc(O)c1C(F)(F)F. The molecule has 1 unspecified atom stereocenters. The molecule has 1 saturated heterocycles. The average Bonchev–Trinajstić information content (AvgIpc) is 2.75. The van der Waals surface area contributed by atoms with Crippen LogP contribution in [0.25, 0.3) is 0 Å². The molecule has 1 heterocycles. The molecular formula is C12H13F3N2O2. The van der Waals surface area contributed by atoms with Crippen LogP contribution in [0.1, 0.15) is 18.4 Å². The number of anilines is 1. The molecule has 0 aliphatic carbocycles. The number of hydrogen-bond donors (Lipinski definition) is 2. The zero-order valence-corrected chi connectivity index (χ0v) is 9.94. The molecule has 1 amide bonds. The molecule has 0 saturated carbocycles. The van der Waals surface area contributed by atoms with Crippen molar-refractivity contribution in [2.24, 2.45) is 5.73 Å². The number of nitrogens with zero attached hydrogens (tertiary/aromatic N) is 1. The van der Waals surface area contributed by atoms with Gasteiger partial charge in [0.15, 0.2) is 0 Å². The molecule has 1 aromatic rings. The standard InChI is InChI=1S/C12H13F3N2O2/c13-12(14,15)10-7(3-1-5-9(10)18)17-6-2-4-8(17)11(16)19/h1,3,5,8,18H,2,4,6H2,(H2,16,19). The number of primary amides is 1. The minimum absolute atomic E-state index is 0.200. The lowest BCUT2D eigenvalue weighted by Gasteiger charge is -2.27. The van der Waals surface area contributed by atoms with E-state index in [1.807, 2.05) is 0 Å². The maximum Gasteiger partial charge on any atom is 0.421 e. The molecule has 2 rings (SSSR count). The van der Waals surface area contributed by atoms with Crippen LogP contribution in [0.15, 0.2) is 18.2 Å². The van der Waals surface area contributed by atoms with Gasteiger partial charge in [0.1, 0.15) is 17.4 Å². The highest BCUT2D eigenvalue weighted by molar-refractivity contribution is 5.85. The van der Waals surface area contributed by atoms with Crippen molar-refractivity contribution in [2.75, 3.05) is 11.4 Å². The first kappa shape index (κ1) is 13.5. The quantitative estimate of drug-likeness (QED) is 0.865. The molecule has 0 bridgehead atoms. The van der Waals surface area contributed by atoms with Crippen molar-refractivity contribution in [3.63, 3.8) is 0 Å². The van der Waals surface area contributed by atoms with E-state index < -0.39 is 29.4 Å². The highest BCUT2D eigenvalue weighted by Gasteiger charge is 2.40. The van der Waals surface area contributed by atoms with E-state index in [2.05, 4.69) is 0 Å². The van der Waals surface area contributed by atoms with Gasteiger partial charge in [-0.3, -0.25) is 4.79 Å². The molecule has 1 fully saturated rings. The van der Waals surface area contributed by atoms with Gasteiger partial charge in [0, 0.05) is 6.54 Å². The fourth-order valence-corrected chi connectivity index (χ4v) is 2.41. The summed E-state index contributed by atoms with van der Waals surface area (Å²) in [5.41, 5.74) is 3.88. The summed E-state index contributed by atoms with van der Waals surface area (Å²) in [5, 5.41) is 9.45. The summed E-state index contributed by atoms with van der Waals surface area (Å²) in [6.45, 7) is 0.306. The first-order chi connectivity index (χ1) is 8.82. The van der Waals surface area contributed by atoms with Crippen LogP contribution in [0.4, 0.5) is 18.9 Å². The Morgan fingerprint density at radius 3 is 2.68 bits per heavy atom. The molecule has 1 aliphatic heterocycles. The lowest BCUT2D eigenvalue weighted by atomic mass is 10.1. The molecule has 1 aromatic carbocycles. The minimum Gasteiger partial charge on any atom is -0.507 e. The molecule has 19 heavy (non-hydrogen) atoms. The molecule has 1 atom stereocenters. The van der Waals surface area contributed by atoms with E-state index in [4.69, 9.17) is 5.73 Å². The molecule has 7 heteroatoms. The Labute approximate surface area is 107 Å². The summed E-state index contributed by atoms with van der Waals surface area (Å²) < 4.78 is 39.0. The Kier molecular flexibility index (Phi) is 3.30. The van der Waals surface area contributed by atoms with Gasteiger partial charge >= 0.3 is 6.18 Å². The molecule has 0 radical (unpaired) electrons. The predicted molar refractivity (Wildman–Crippen MR) is 62.7 cm³/mol. The van der Waals surface area contributed by atoms with E-state index in [-0.39, 0.29) is 5.69 Å². The number of aromatic hydroxyl groups is 1. The van der Waals surface area contributed by atoms with Crippen LogP contribution >= 0.6 is 0 Å². The van der Waals surface area contributed by atoms with Crippen molar-refractivity contribution in [1.29, 1.82) is 0 Å². The van der Waals surface area contributed by atoms with Gasteiger partial charge in [-0.2, -0.15) is 13.2 Å². The topological polar surface area (TPSA) is 66.6 Å². The summed E-state index contributed by atoms with van der Waals surface area (Å²) >= 11 is 0. The zero-order chi connectivity index (χ0) is 14.2. The molecule has 4 nitrogen and oxygen atoms in total. The van der Waals surface area contributed by atoms with Gasteiger partial charge in [0.05, 0.1) is 5.69 Å². The Hall–Kier alpha value is -1.92. The van der Waals surface area contributed by atoms with Gasteiger partial charge in [-0.05, 0) is 25.0 Å². The summed E-state index contributed by atoms with van der Waals surface area (Å²) in [5.74, 6) is -1.51. The van der Waals surface area contributed by atoms with E-state index in [1.165, 1.54) is 17.0 Å². The summed E-state index contributed by atoms with van der Waals surface area (Å²) in [6, 6.07) is 2.77. The zero-order valence-electron chi connectivity index (χ0n) is 9.94. The highest BCUT2D eigenvalue weighted by Crippen LogP contribution is 2.43. The van der Waals surface area contributed by atoms with Crippen molar-refractivity contribution >= 4 is 11.6 Å². The number of rotatable bonds is 2. The van der Waals surface area contributed by atoms with Crippen molar-refractivity contribution in [1.82, 2.24) is 0 Å². The maximum absolute atomic E-state index is 13.0. The number of alkyl halides is 3. The van der Waals surface area contributed by atoms with Gasteiger partial charge in [-0.1, -0.05) is 6.07 Å². The van der Waals surface area contributed by atoms with Crippen LogP contribution in [0.2, 0.25) is 0 Å². The number of benzene rings is 1. The second kappa shape index (κ2) is 4.64. The van der Waals surface area contributed by atoms with Crippen molar-refractivity contribution in [3.05, 3.63) is 23.8 Å². The molecule has 104 valence electrons. The Morgan fingerprint density at radius 2 is 2.11 bits per heavy atom. The Balaban J connectivity index is 2.51. The monoisotopic (exact) mass is 274 g/mol. The lowest BCUT2D eigenvalue weighted by Crippen LogP contribution is -2.41. The van der Waals surface area contributed by atoms with Crippen molar-refractivity contribution in [3.8, 4) is 5.75 Å². The molecule has 1 aliphatic rings. The van der Waals surface area contributed by atoms with Crippen LogP contribution < -0.4 is 10.6 Å². The highest BCUT2D eigenvalue weighted by atomic mass is 19.4. The molecule has 3 N–H and O–H groups in total. The first-order valence-corrected chi connectivity index (χ1v) is 5.77. The number of carbonyl (C=O) groups excluding carboxylic acids is 1. The maximum atomic E-state index is 13.0. The normalized spacial score (nSPS) is 19.7. The number of phenols is 1. The first-order valence-electron chi connectivity index (χ1n) is 5.77. The molecule has 0 aromatic heterocycles. The number of halogens is 3. The fraction of sp³-hybridized carbons (Fsp3) is 0.417. The van der Waals surface area contributed by atoms with Crippen LogP contribution in [0.3, 0.4) is 0 Å². The molecule has 0 spiro atoms. The lowest BCUT2D eigenvalue weighted by molar-refractivity contribution is -0.138.